The highest BCUT2D eigenvalue weighted by Crippen LogP contribution is 2.32. The lowest BCUT2D eigenvalue weighted by atomic mass is 10.2. The molecule has 1 aliphatic rings. The van der Waals surface area contributed by atoms with Gasteiger partial charge in [0, 0.05) is 0 Å². The van der Waals surface area contributed by atoms with Crippen LogP contribution in [0.25, 0.3) is 0 Å². The van der Waals surface area contributed by atoms with Gasteiger partial charge in [0.1, 0.15) is 0 Å². The van der Waals surface area contributed by atoms with E-state index in [2.05, 4.69) is 5.32 Å². The molecule has 0 bridgehead atoms. The minimum atomic E-state index is 0.374. The van der Waals surface area contributed by atoms with Gasteiger partial charge in [0.15, 0.2) is 0 Å². The standard InChI is InChI=1S/C10H11Cl2NS/c11-8-3-2-7(6-9(8)12)10-13-4-1-5-14-10/h2-3,6,10,13H,1,4-5H2/t10-/m1/s1. The average Bonchev–Trinajstić information content (AvgIpc) is 2.23. The van der Waals surface area contributed by atoms with Gasteiger partial charge in [-0.15, -0.1) is 11.8 Å². The summed E-state index contributed by atoms with van der Waals surface area (Å²) in [6, 6.07) is 5.83. The maximum atomic E-state index is 5.96. The van der Waals surface area contributed by atoms with Crippen LogP contribution in [-0.2, 0) is 0 Å². The Labute approximate surface area is 98.2 Å². The zero-order valence-electron chi connectivity index (χ0n) is 7.59. The van der Waals surface area contributed by atoms with Crippen molar-refractivity contribution in [1.29, 1.82) is 0 Å². The van der Waals surface area contributed by atoms with Crippen LogP contribution in [0.15, 0.2) is 18.2 Å². The predicted molar refractivity (Wildman–Crippen MR) is 64.3 cm³/mol. The molecule has 0 spiro atoms. The maximum Gasteiger partial charge on any atom is 0.0789 e. The third kappa shape index (κ3) is 2.37. The van der Waals surface area contributed by atoms with Crippen LogP contribution in [0.4, 0.5) is 0 Å². The van der Waals surface area contributed by atoms with Crippen LogP contribution in [0.5, 0.6) is 0 Å². The monoisotopic (exact) mass is 247 g/mol. The molecule has 1 N–H and O–H groups in total. The molecule has 0 saturated carbocycles. The highest BCUT2D eigenvalue weighted by Gasteiger charge is 2.15. The first-order valence-electron chi connectivity index (χ1n) is 4.57. The normalized spacial score (nSPS) is 22.3. The lowest BCUT2D eigenvalue weighted by Gasteiger charge is -2.23. The van der Waals surface area contributed by atoms with Crippen molar-refractivity contribution in [2.24, 2.45) is 0 Å². The fourth-order valence-electron chi connectivity index (χ4n) is 1.45. The summed E-state index contributed by atoms with van der Waals surface area (Å²) in [6.45, 7) is 1.08. The lowest BCUT2D eigenvalue weighted by molar-refractivity contribution is 0.643. The Morgan fingerprint density at radius 2 is 2.14 bits per heavy atom. The molecule has 4 heteroatoms. The zero-order chi connectivity index (χ0) is 9.97. The van der Waals surface area contributed by atoms with Crippen molar-refractivity contribution in [2.75, 3.05) is 12.3 Å². The van der Waals surface area contributed by atoms with E-state index in [1.165, 1.54) is 17.7 Å². The lowest BCUT2D eigenvalue weighted by Crippen LogP contribution is -2.25. The van der Waals surface area contributed by atoms with E-state index in [9.17, 15) is 0 Å². The highest BCUT2D eigenvalue weighted by atomic mass is 35.5. The summed E-state index contributed by atoms with van der Waals surface area (Å²) in [7, 11) is 0. The predicted octanol–water partition coefficient (Wildman–Crippen LogP) is 3.72. The summed E-state index contributed by atoms with van der Waals surface area (Å²) < 4.78 is 0. The minimum absolute atomic E-state index is 0.374. The number of hydrogen-bond donors (Lipinski definition) is 1. The molecule has 0 aromatic heterocycles. The van der Waals surface area contributed by atoms with Crippen LogP contribution in [0.1, 0.15) is 17.4 Å². The van der Waals surface area contributed by atoms with Crippen LogP contribution in [0, 0.1) is 0 Å². The van der Waals surface area contributed by atoms with E-state index < -0.39 is 0 Å². The van der Waals surface area contributed by atoms with Crippen molar-refractivity contribution >= 4 is 35.0 Å². The van der Waals surface area contributed by atoms with Crippen LogP contribution >= 0.6 is 35.0 Å². The molecule has 14 heavy (non-hydrogen) atoms. The quantitative estimate of drug-likeness (QED) is 0.812. The van der Waals surface area contributed by atoms with Crippen LogP contribution in [0.3, 0.4) is 0 Å². The van der Waals surface area contributed by atoms with Crippen LogP contribution in [-0.4, -0.2) is 12.3 Å². The largest absolute Gasteiger partial charge is 0.302 e. The molecule has 0 amide bonds. The van der Waals surface area contributed by atoms with Crippen LogP contribution in [0.2, 0.25) is 10.0 Å². The van der Waals surface area contributed by atoms with Gasteiger partial charge in [-0.25, -0.2) is 0 Å². The fraction of sp³-hybridized carbons (Fsp3) is 0.400. The van der Waals surface area contributed by atoms with E-state index in [0.29, 0.717) is 15.4 Å². The van der Waals surface area contributed by atoms with Crippen LogP contribution < -0.4 is 5.32 Å². The molecule has 0 unspecified atom stereocenters. The third-order valence-corrected chi connectivity index (χ3v) is 4.22. The maximum absolute atomic E-state index is 5.96. The number of halogens is 2. The zero-order valence-corrected chi connectivity index (χ0v) is 9.92. The molecule has 76 valence electrons. The van der Waals surface area contributed by atoms with E-state index in [4.69, 9.17) is 23.2 Å². The average molecular weight is 248 g/mol. The van der Waals surface area contributed by atoms with E-state index in [1.807, 2.05) is 30.0 Å². The number of nitrogens with one attached hydrogen (secondary N) is 1. The van der Waals surface area contributed by atoms with Crippen molar-refractivity contribution < 1.29 is 0 Å². The Hall–Kier alpha value is 0.110. The summed E-state index contributed by atoms with van der Waals surface area (Å²) in [6.07, 6.45) is 1.24. The molecule has 2 rings (SSSR count). The Morgan fingerprint density at radius 3 is 2.79 bits per heavy atom. The van der Waals surface area contributed by atoms with Gasteiger partial charge < -0.3 is 5.32 Å². The third-order valence-electron chi connectivity index (χ3n) is 2.18. The highest BCUT2D eigenvalue weighted by molar-refractivity contribution is 7.99. The molecule has 1 nitrogen and oxygen atoms in total. The number of rotatable bonds is 1. The van der Waals surface area contributed by atoms with Crippen molar-refractivity contribution in [3.63, 3.8) is 0 Å². The summed E-state index contributed by atoms with van der Waals surface area (Å²) in [4.78, 5) is 0. The fourth-order valence-corrected chi connectivity index (χ4v) is 2.88. The van der Waals surface area contributed by atoms with E-state index in [-0.39, 0.29) is 0 Å². The van der Waals surface area contributed by atoms with Crippen molar-refractivity contribution in [3.05, 3.63) is 33.8 Å². The summed E-state index contributed by atoms with van der Waals surface area (Å²) in [5, 5.41) is 5.07. The second kappa shape index (κ2) is 4.75. The Balaban J connectivity index is 2.18. The van der Waals surface area contributed by atoms with Gasteiger partial charge in [-0.1, -0.05) is 29.3 Å². The van der Waals surface area contributed by atoms with Gasteiger partial charge in [0.05, 0.1) is 15.4 Å². The van der Waals surface area contributed by atoms with Gasteiger partial charge in [0.2, 0.25) is 0 Å². The first-order chi connectivity index (χ1) is 6.77. The molecule has 0 radical (unpaired) electrons. The van der Waals surface area contributed by atoms with Gasteiger partial charge in [-0.2, -0.15) is 0 Å². The number of benzene rings is 1. The summed E-state index contributed by atoms with van der Waals surface area (Å²) >= 11 is 13.7. The van der Waals surface area contributed by atoms with E-state index in [1.54, 1.807) is 0 Å². The Kier molecular flexibility index (Phi) is 3.61. The molecule has 1 aliphatic heterocycles. The van der Waals surface area contributed by atoms with E-state index >= 15 is 0 Å². The van der Waals surface area contributed by atoms with Gasteiger partial charge >= 0.3 is 0 Å². The number of thioether (sulfide) groups is 1. The Bertz CT molecular complexity index is 324. The molecular weight excluding hydrogens is 237 g/mol. The molecule has 1 aromatic carbocycles. The van der Waals surface area contributed by atoms with Gasteiger partial charge in [-0.05, 0) is 36.4 Å². The van der Waals surface area contributed by atoms with Crippen molar-refractivity contribution in [2.45, 2.75) is 11.8 Å². The molecular formula is C10H11Cl2NS. The summed E-state index contributed by atoms with van der Waals surface area (Å²) in [5.41, 5.74) is 1.21. The topological polar surface area (TPSA) is 12.0 Å². The van der Waals surface area contributed by atoms with Crippen molar-refractivity contribution in [1.82, 2.24) is 5.32 Å². The van der Waals surface area contributed by atoms with Crippen molar-refractivity contribution in [3.8, 4) is 0 Å². The second-order valence-electron chi connectivity index (χ2n) is 3.23. The van der Waals surface area contributed by atoms with Gasteiger partial charge in [0.25, 0.3) is 0 Å². The first-order valence-corrected chi connectivity index (χ1v) is 6.38. The smallest absolute Gasteiger partial charge is 0.0789 e. The molecule has 1 saturated heterocycles. The SMILES string of the molecule is Clc1ccc([C@@H]2NCCCS2)cc1Cl. The molecule has 0 aliphatic carbocycles. The molecule has 1 atom stereocenters. The minimum Gasteiger partial charge on any atom is -0.302 e. The first kappa shape index (κ1) is 10.6. The van der Waals surface area contributed by atoms with Gasteiger partial charge in [-0.3, -0.25) is 0 Å². The molecule has 1 aromatic rings. The second-order valence-corrected chi connectivity index (χ2v) is 5.26. The molecule has 1 fully saturated rings. The number of hydrogen-bond acceptors (Lipinski definition) is 2. The summed E-state index contributed by atoms with van der Waals surface area (Å²) in [5.74, 6) is 1.21. The Morgan fingerprint density at radius 1 is 1.29 bits per heavy atom. The van der Waals surface area contributed by atoms with E-state index in [0.717, 1.165) is 6.54 Å². The molecule has 1 heterocycles.